The number of carbonyl (C=O) groups is 1. The van der Waals surface area contributed by atoms with E-state index in [0.29, 0.717) is 29.7 Å². The second kappa shape index (κ2) is 11.7. The Bertz CT molecular complexity index is 1340. The SMILES string of the molecule is CCCC1(CCC(C)C)CN(c2cc3c(Nc4ccc(CC)c(N(C)C)c4C)ncnc3cc2OC)C(=O)O1. The molecule has 2 heterocycles. The number of nitrogens with zero attached hydrogens (tertiary/aromatic N) is 4. The zero-order chi connectivity index (χ0) is 28.3. The van der Waals surface area contributed by atoms with Crippen molar-refractivity contribution in [3.63, 3.8) is 0 Å². The Labute approximate surface area is 232 Å². The van der Waals surface area contributed by atoms with Gasteiger partial charge in [0.15, 0.2) is 0 Å². The molecule has 1 aliphatic rings. The number of anilines is 4. The maximum absolute atomic E-state index is 13.3. The summed E-state index contributed by atoms with van der Waals surface area (Å²) in [5.74, 6) is 1.79. The van der Waals surface area contributed by atoms with E-state index in [1.54, 1.807) is 18.3 Å². The van der Waals surface area contributed by atoms with Gasteiger partial charge in [-0.1, -0.05) is 40.2 Å². The fraction of sp³-hybridized carbons (Fsp3) is 0.516. The van der Waals surface area contributed by atoms with Gasteiger partial charge in [-0.2, -0.15) is 0 Å². The van der Waals surface area contributed by atoms with Crippen LogP contribution in [-0.2, 0) is 11.2 Å². The lowest BCUT2D eigenvalue weighted by Gasteiger charge is -2.27. The minimum atomic E-state index is -0.495. The third-order valence-corrected chi connectivity index (χ3v) is 7.68. The lowest BCUT2D eigenvalue weighted by Crippen LogP contribution is -2.35. The monoisotopic (exact) mass is 533 g/mol. The van der Waals surface area contributed by atoms with Crippen molar-refractivity contribution in [2.24, 2.45) is 5.92 Å². The second-order valence-corrected chi connectivity index (χ2v) is 11.2. The Balaban J connectivity index is 1.76. The molecule has 1 atom stereocenters. The van der Waals surface area contributed by atoms with Gasteiger partial charge in [-0.05, 0) is 61.8 Å². The Morgan fingerprint density at radius 3 is 2.59 bits per heavy atom. The number of cyclic esters (lactones) is 1. The molecule has 1 fully saturated rings. The Morgan fingerprint density at radius 1 is 1.18 bits per heavy atom. The lowest BCUT2D eigenvalue weighted by molar-refractivity contribution is 0.0374. The highest BCUT2D eigenvalue weighted by Gasteiger charge is 2.45. The van der Waals surface area contributed by atoms with Crippen LogP contribution in [0, 0.1) is 12.8 Å². The van der Waals surface area contributed by atoms with Crippen LogP contribution in [0.4, 0.5) is 27.7 Å². The average molecular weight is 534 g/mol. The molecular formula is C31H43N5O3. The van der Waals surface area contributed by atoms with Crippen molar-refractivity contribution in [1.82, 2.24) is 9.97 Å². The molecule has 0 spiro atoms. The van der Waals surface area contributed by atoms with Gasteiger partial charge in [0.2, 0.25) is 0 Å². The third-order valence-electron chi connectivity index (χ3n) is 7.68. The molecule has 1 amide bonds. The van der Waals surface area contributed by atoms with E-state index in [9.17, 15) is 4.79 Å². The number of aromatic nitrogens is 2. The first-order valence-corrected chi connectivity index (χ1v) is 14.0. The summed E-state index contributed by atoms with van der Waals surface area (Å²) in [5, 5.41) is 4.35. The van der Waals surface area contributed by atoms with Gasteiger partial charge in [0.1, 0.15) is 23.5 Å². The van der Waals surface area contributed by atoms with Gasteiger partial charge >= 0.3 is 6.09 Å². The number of hydrogen-bond donors (Lipinski definition) is 1. The van der Waals surface area contributed by atoms with Crippen molar-refractivity contribution in [2.45, 2.75) is 72.3 Å². The normalized spacial score (nSPS) is 17.2. The first-order valence-electron chi connectivity index (χ1n) is 14.0. The van der Waals surface area contributed by atoms with Crippen LogP contribution in [0.5, 0.6) is 5.75 Å². The van der Waals surface area contributed by atoms with Gasteiger partial charge in [0, 0.05) is 36.9 Å². The molecule has 3 aromatic rings. The van der Waals surface area contributed by atoms with Crippen molar-refractivity contribution in [3.05, 3.63) is 41.7 Å². The number of fused-ring (bicyclic) bond motifs is 1. The largest absolute Gasteiger partial charge is 0.494 e. The Kier molecular flexibility index (Phi) is 8.52. The van der Waals surface area contributed by atoms with Crippen molar-refractivity contribution >= 4 is 39.9 Å². The summed E-state index contributed by atoms with van der Waals surface area (Å²) in [7, 11) is 5.75. The number of amides is 1. The number of rotatable bonds is 11. The van der Waals surface area contributed by atoms with E-state index in [1.165, 1.54) is 11.3 Å². The molecule has 1 aromatic heterocycles. The molecule has 1 aliphatic heterocycles. The molecule has 0 saturated carbocycles. The van der Waals surface area contributed by atoms with Gasteiger partial charge in [0.25, 0.3) is 0 Å². The summed E-state index contributed by atoms with van der Waals surface area (Å²) in [6.07, 6.45) is 5.79. The quantitative estimate of drug-likeness (QED) is 0.278. The number of benzene rings is 2. The molecule has 0 aliphatic carbocycles. The van der Waals surface area contributed by atoms with Crippen molar-refractivity contribution < 1.29 is 14.3 Å². The summed E-state index contributed by atoms with van der Waals surface area (Å²) in [6, 6.07) is 8.08. The van der Waals surface area contributed by atoms with E-state index in [2.05, 4.69) is 81.0 Å². The molecule has 1 saturated heterocycles. The van der Waals surface area contributed by atoms with Crippen LogP contribution in [0.15, 0.2) is 30.6 Å². The van der Waals surface area contributed by atoms with Gasteiger partial charge in [-0.15, -0.1) is 0 Å². The van der Waals surface area contributed by atoms with Crippen molar-refractivity contribution in [1.29, 1.82) is 0 Å². The minimum Gasteiger partial charge on any atom is -0.494 e. The van der Waals surface area contributed by atoms with E-state index < -0.39 is 5.60 Å². The highest BCUT2D eigenvalue weighted by atomic mass is 16.6. The Morgan fingerprint density at radius 2 is 1.95 bits per heavy atom. The maximum atomic E-state index is 13.3. The number of hydrogen-bond acceptors (Lipinski definition) is 7. The van der Waals surface area contributed by atoms with Crippen LogP contribution in [0.25, 0.3) is 10.9 Å². The summed E-state index contributed by atoms with van der Waals surface area (Å²) in [4.78, 5) is 26.3. The summed E-state index contributed by atoms with van der Waals surface area (Å²) < 4.78 is 11.8. The minimum absolute atomic E-state index is 0.335. The van der Waals surface area contributed by atoms with Crippen LogP contribution in [0.2, 0.25) is 0 Å². The molecule has 8 heteroatoms. The van der Waals surface area contributed by atoms with Gasteiger partial charge < -0.3 is 19.7 Å². The molecule has 0 bridgehead atoms. The zero-order valence-corrected chi connectivity index (χ0v) is 24.7. The van der Waals surface area contributed by atoms with Gasteiger partial charge in [-0.25, -0.2) is 14.8 Å². The topological polar surface area (TPSA) is 79.8 Å². The van der Waals surface area contributed by atoms with E-state index in [0.717, 1.165) is 54.3 Å². The standard InChI is InChI=1S/C31H43N5O3/c1-9-14-31(15-13-20(3)4)18-36(30(37)39-31)26-16-23-25(17-27(26)38-8)32-19-33-29(23)34-24-12-11-22(10-2)28(21(24)5)35(6)7/h11-12,16-17,19-20H,9-10,13-15,18H2,1-8H3,(H,32,33,34). The van der Waals surface area contributed by atoms with E-state index in [-0.39, 0.29) is 6.09 Å². The van der Waals surface area contributed by atoms with Gasteiger partial charge in [0.05, 0.1) is 24.9 Å². The second-order valence-electron chi connectivity index (χ2n) is 11.2. The number of carbonyl (C=O) groups excluding carboxylic acids is 1. The van der Waals surface area contributed by atoms with Crippen LogP contribution in [-0.4, -0.2) is 49.4 Å². The van der Waals surface area contributed by atoms with E-state index >= 15 is 0 Å². The van der Waals surface area contributed by atoms with Crippen LogP contribution in [0.1, 0.15) is 64.5 Å². The molecule has 8 nitrogen and oxygen atoms in total. The lowest BCUT2D eigenvalue weighted by atomic mass is 9.89. The predicted octanol–water partition coefficient (Wildman–Crippen LogP) is 7.25. The van der Waals surface area contributed by atoms with E-state index in [4.69, 9.17) is 9.47 Å². The highest BCUT2D eigenvalue weighted by molar-refractivity contribution is 6.00. The smallest absolute Gasteiger partial charge is 0.415 e. The first kappa shape index (κ1) is 28.5. The molecule has 0 radical (unpaired) electrons. The average Bonchev–Trinajstić information content (AvgIpc) is 3.23. The number of nitrogens with one attached hydrogen (secondary N) is 1. The molecule has 210 valence electrons. The summed E-state index contributed by atoms with van der Waals surface area (Å²) in [5.41, 5.74) is 5.53. The molecule has 1 N–H and O–H groups in total. The van der Waals surface area contributed by atoms with Crippen molar-refractivity contribution in [3.8, 4) is 5.75 Å². The molecule has 39 heavy (non-hydrogen) atoms. The number of ether oxygens (including phenoxy) is 2. The van der Waals surface area contributed by atoms with Gasteiger partial charge in [-0.3, -0.25) is 4.90 Å². The molecular weight excluding hydrogens is 490 g/mol. The fourth-order valence-corrected chi connectivity index (χ4v) is 5.67. The molecule has 1 unspecified atom stereocenters. The summed E-state index contributed by atoms with van der Waals surface area (Å²) in [6.45, 7) is 11.3. The van der Waals surface area contributed by atoms with Crippen LogP contribution < -0.4 is 19.9 Å². The number of methoxy groups -OCH3 is 1. The highest BCUT2D eigenvalue weighted by Crippen LogP contribution is 2.42. The molecule has 2 aromatic carbocycles. The maximum Gasteiger partial charge on any atom is 0.415 e. The van der Waals surface area contributed by atoms with Crippen molar-refractivity contribution in [2.75, 3.05) is 42.9 Å². The fourth-order valence-electron chi connectivity index (χ4n) is 5.67. The first-order chi connectivity index (χ1) is 18.6. The predicted molar refractivity (Wildman–Crippen MR) is 160 cm³/mol. The number of aryl methyl sites for hydroxylation is 1. The summed E-state index contributed by atoms with van der Waals surface area (Å²) >= 11 is 0. The third kappa shape index (κ3) is 5.75. The molecule has 4 rings (SSSR count). The van der Waals surface area contributed by atoms with Crippen LogP contribution >= 0.6 is 0 Å². The zero-order valence-electron chi connectivity index (χ0n) is 24.7. The van der Waals surface area contributed by atoms with E-state index in [1.807, 2.05) is 12.1 Å². The van der Waals surface area contributed by atoms with Crippen LogP contribution in [0.3, 0.4) is 0 Å². The Hall–Kier alpha value is -3.55.